The number of carbonyl (C=O) groups is 1. The van der Waals surface area contributed by atoms with Crippen molar-refractivity contribution in [2.75, 3.05) is 6.61 Å². The van der Waals surface area contributed by atoms with Gasteiger partial charge in [-0.3, -0.25) is 4.79 Å². The molecule has 0 fully saturated rings. The van der Waals surface area contributed by atoms with Gasteiger partial charge in [0.1, 0.15) is 0 Å². The molecule has 2 N–H and O–H groups in total. The molecule has 130 valence electrons. The Morgan fingerprint density at radius 3 is 2.46 bits per heavy atom. The molecule has 0 saturated heterocycles. The van der Waals surface area contributed by atoms with Crippen molar-refractivity contribution in [2.24, 2.45) is 0 Å². The summed E-state index contributed by atoms with van der Waals surface area (Å²) >= 11 is 0. The number of aliphatic hydroxyl groups excluding tert-OH is 1. The number of halogens is 3. The first-order valence-corrected chi connectivity index (χ1v) is 7.50. The predicted octanol–water partition coefficient (Wildman–Crippen LogP) is 2.78. The third-order valence-electron chi connectivity index (χ3n) is 3.58. The molecule has 0 bridgehead atoms. The largest absolute Gasteiger partial charge is 0.435 e. The zero-order valence-electron chi connectivity index (χ0n) is 13.0. The maximum atomic E-state index is 12.6. The molecule has 0 spiro atoms. The van der Waals surface area contributed by atoms with Gasteiger partial charge in [-0.05, 0) is 43.2 Å². The van der Waals surface area contributed by atoms with Crippen LogP contribution in [0.25, 0.3) is 5.69 Å². The number of aliphatic hydroxyl groups is 1. The Bertz CT molecular complexity index is 681. The molecule has 2 aromatic rings. The second-order valence-electron chi connectivity index (χ2n) is 5.28. The zero-order chi connectivity index (χ0) is 17.7. The number of aromatic nitrogens is 2. The minimum absolute atomic E-state index is 0.0153. The van der Waals surface area contributed by atoms with Gasteiger partial charge in [0.2, 0.25) is 0 Å². The number of hydrogen-bond donors (Lipinski definition) is 2. The third-order valence-corrected chi connectivity index (χ3v) is 3.58. The van der Waals surface area contributed by atoms with Crippen LogP contribution in [0.5, 0.6) is 0 Å². The molecule has 1 atom stereocenters. The van der Waals surface area contributed by atoms with Gasteiger partial charge < -0.3 is 10.4 Å². The van der Waals surface area contributed by atoms with Gasteiger partial charge in [0.15, 0.2) is 5.69 Å². The summed E-state index contributed by atoms with van der Waals surface area (Å²) in [5.41, 5.74) is -0.165. The summed E-state index contributed by atoms with van der Waals surface area (Å²) in [6.45, 7) is 1.89. The minimum Gasteiger partial charge on any atom is -0.396 e. The number of benzene rings is 1. The highest BCUT2D eigenvalue weighted by Crippen LogP contribution is 2.27. The molecule has 8 heteroatoms. The SMILES string of the molecule is CCC(CCO)NC(=O)c1ccc(-n2ccc(C(F)(F)F)n2)cc1. The molecule has 1 amide bonds. The first kappa shape index (κ1) is 18.0. The molecular weight excluding hydrogens is 323 g/mol. The lowest BCUT2D eigenvalue weighted by molar-refractivity contribution is -0.141. The topological polar surface area (TPSA) is 67.2 Å². The van der Waals surface area contributed by atoms with Gasteiger partial charge in [-0.25, -0.2) is 4.68 Å². The second-order valence-corrected chi connectivity index (χ2v) is 5.28. The Morgan fingerprint density at radius 1 is 1.29 bits per heavy atom. The Hall–Kier alpha value is -2.35. The van der Waals surface area contributed by atoms with E-state index in [2.05, 4.69) is 10.4 Å². The van der Waals surface area contributed by atoms with Gasteiger partial charge in [0, 0.05) is 24.4 Å². The van der Waals surface area contributed by atoms with Crippen LogP contribution in [0.3, 0.4) is 0 Å². The van der Waals surface area contributed by atoms with Crippen molar-refractivity contribution in [3.05, 3.63) is 47.8 Å². The van der Waals surface area contributed by atoms with Crippen molar-refractivity contribution in [2.45, 2.75) is 32.0 Å². The van der Waals surface area contributed by atoms with Gasteiger partial charge in [-0.2, -0.15) is 18.3 Å². The molecule has 1 unspecified atom stereocenters. The maximum absolute atomic E-state index is 12.6. The van der Waals surface area contributed by atoms with Gasteiger partial charge >= 0.3 is 6.18 Å². The van der Waals surface area contributed by atoms with Gasteiger partial charge in [-0.1, -0.05) is 6.92 Å². The molecular formula is C16H18F3N3O2. The maximum Gasteiger partial charge on any atom is 0.435 e. The molecule has 1 heterocycles. The number of nitrogens with one attached hydrogen (secondary N) is 1. The molecule has 0 aliphatic heterocycles. The van der Waals surface area contributed by atoms with Crippen molar-refractivity contribution in [1.29, 1.82) is 0 Å². The summed E-state index contributed by atoms with van der Waals surface area (Å²) in [6.07, 6.45) is -2.12. The summed E-state index contributed by atoms with van der Waals surface area (Å²) in [6, 6.07) is 6.85. The van der Waals surface area contributed by atoms with Crippen molar-refractivity contribution in [3.63, 3.8) is 0 Å². The highest BCUT2D eigenvalue weighted by molar-refractivity contribution is 5.94. The van der Waals surface area contributed by atoms with Crippen molar-refractivity contribution in [1.82, 2.24) is 15.1 Å². The lowest BCUT2D eigenvalue weighted by Gasteiger charge is -2.15. The Balaban J connectivity index is 2.10. The number of amides is 1. The Kier molecular flexibility index (Phi) is 5.61. The molecule has 5 nitrogen and oxygen atoms in total. The fourth-order valence-electron chi connectivity index (χ4n) is 2.19. The van der Waals surface area contributed by atoms with E-state index < -0.39 is 11.9 Å². The summed E-state index contributed by atoms with van der Waals surface area (Å²) in [4.78, 5) is 12.1. The molecule has 0 aliphatic carbocycles. The zero-order valence-corrected chi connectivity index (χ0v) is 13.0. The van der Waals surface area contributed by atoms with Gasteiger partial charge in [0.25, 0.3) is 5.91 Å². The van der Waals surface area contributed by atoms with E-state index in [4.69, 9.17) is 5.11 Å². The Labute approximate surface area is 137 Å². The van der Waals surface area contributed by atoms with E-state index in [0.29, 0.717) is 24.1 Å². The molecule has 0 saturated carbocycles. The minimum atomic E-state index is -4.49. The number of carbonyl (C=O) groups excluding carboxylic acids is 1. The fraction of sp³-hybridized carbons (Fsp3) is 0.375. The summed E-state index contributed by atoms with van der Waals surface area (Å²) in [5, 5.41) is 15.2. The van der Waals surface area contributed by atoms with E-state index in [9.17, 15) is 18.0 Å². The summed E-state index contributed by atoms with van der Waals surface area (Å²) in [7, 11) is 0. The number of nitrogens with zero attached hydrogens (tertiary/aromatic N) is 2. The van der Waals surface area contributed by atoms with E-state index in [0.717, 1.165) is 10.7 Å². The molecule has 1 aromatic carbocycles. The summed E-state index contributed by atoms with van der Waals surface area (Å²) in [5.74, 6) is -0.293. The lowest BCUT2D eigenvalue weighted by atomic mass is 10.1. The van der Waals surface area contributed by atoms with Crippen LogP contribution in [0, 0.1) is 0 Å². The van der Waals surface area contributed by atoms with Crippen LogP contribution >= 0.6 is 0 Å². The van der Waals surface area contributed by atoms with Crippen molar-refractivity contribution < 1.29 is 23.1 Å². The number of alkyl halides is 3. The van der Waals surface area contributed by atoms with Crippen LogP contribution in [0.15, 0.2) is 36.5 Å². The van der Waals surface area contributed by atoms with E-state index >= 15 is 0 Å². The predicted molar refractivity (Wildman–Crippen MR) is 81.8 cm³/mol. The smallest absolute Gasteiger partial charge is 0.396 e. The Morgan fingerprint density at radius 2 is 1.96 bits per heavy atom. The van der Waals surface area contributed by atoms with Crippen LogP contribution in [0.4, 0.5) is 13.2 Å². The first-order chi connectivity index (χ1) is 11.3. The van der Waals surface area contributed by atoms with E-state index in [-0.39, 0.29) is 18.6 Å². The van der Waals surface area contributed by atoms with Crippen LogP contribution in [-0.4, -0.2) is 33.4 Å². The lowest BCUT2D eigenvalue weighted by Crippen LogP contribution is -2.35. The van der Waals surface area contributed by atoms with E-state index in [1.807, 2.05) is 6.92 Å². The average molecular weight is 341 g/mol. The van der Waals surface area contributed by atoms with Gasteiger partial charge in [0.05, 0.1) is 5.69 Å². The van der Waals surface area contributed by atoms with Crippen LogP contribution < -0.4 is 5.32 Å². The monoisotopic (exact) mass is 341 g/mol. The molecule has 0 aliphatic rings. The molecule has 24 heavy (non-hydrogen) atoms. The van der Waals surface area contributed by atoms with Crippen molar-refractivity contribution in [3.8, 4) is 5.69 Å². The average Bonchev–Trinajstić information content (AvgIpc) is 3.04. The molecule has 1 aromatic heterocycles. The molecule has 2 rings (SSSR count). The van der Waals surface area contributed by atoms with Crippen LogP contribution in [0.1, 0.15) is 35.8 Å². The standard InChI is InChI=1S/C16H18F3N3O2/c1-2-12(8-10-23)20-15(24)11-3-5-13(6-4-11)22-9-7-14(21-22)16(17,18)19/h3-7,9,12,23H,2,8,10H2,1H3,(H,20,24). The third kappa shape index (κ3) is 4.35. The number of rotatable bonds is 6. The van der Waals surface area contributed by atoms with E-state index in [1.54, 1.807) is 0 Å². The highest BCUT2D eigenvalue weighted by atomic mass is 19.4. The number of hydrogen-bond acceptors (Lipinski definition) is 3. The molecule has 0 radical (unpaired) electrons. The fourth-order valence-corrected chi connectivity index (χ4v) is 2.19. The van der Waals surface area contributed by atoms with Crippen LogP contribution in [-0.2, 0) is 6.18 Å². The normalized spacial score (nSPS) is 12.9. The summed E-state index contributed by atoms with van der Waals surface area (Å²) < 4.78 is 38.8. The van der Waals surface area contributed by atoms with E-state index in [1.165, 1.54) is 30.5 Å². The van der Waals surface area contributed by atoms with Crippen molar-refractivity contribution >= 4 is 5.91 Å². The second kappa shape index (κ2) is 7.48. The quantitative estimate of drug-likeness (QED) is 0.849. The van der Waals surface area contributed by atoms with Crippen LogP contribution in [0.2, 0.25) is 0 Å². The van der Waals surface area contributed by atoms with Gasteiger partial charge in [-0.15, -0.1) is 0 Å². The highest BCUT2D eigenvalue weighted by Gasteiger charge is 2.33. The first-order valence-electron chi connectivity index (χ1n) is 7.50.